The zero-order valence-electron chi connectivity index (χ0n) is 15.7. The Balaban J connectivity index is 1.85. The van der Waals surface area contributed by atoms with Crippen LogP contribution in [0.15, 0.2) is 54.7 Å². The highest BCUT2D eigenvalue weighted by atomic mass is 19.4. The molecule has 0 aliphatic heterocycles. The third-order valence-corrected chi connectivity index (χ3v) is 4.23. The molecule has 152 valence electrons. The van der Waals surface area contributed by atoms with E-state index < -0.39 is 17.6 Å². The first-order valence-corrected chi connectivity index (χ1v) is 9.18. The van der Waals surface area contributed by atoms with Crippen molar-refractivity contribution in [1.82, 2.24) is 9.97 Å². The summed E-state index contributed by atoms with van der Waals surface area (Å²) in [6.07, 6.45) is -0.854. The summed E-state index contributed by atoms with van der Waals surface area (Å²) in [6, 6.07) is 12.5. The highest BCUT2D eigenvalue weighted by Gasteiger charge is 2.35. The molecule has 1 aromatic heterocycles. The summed E-state index contributed by atoms with van der Waals surface area (Å²) in [6.45, 7) is 2.10. The molecule has 29 heavy (non-hydrogen) atoms. The minimum Gasteiger partial charge on any atom is -0.340 e. The van der Waals surface area contributed by atoms with Crippen molar-refractivity contribution >= 4 is 23.1 Å². The minimum absolute atomic E-state index is 0.0355. The highest BCUT2D eigenvalue weighted by molar-refractivity contribution is 5.63. The van der Waals surface area contributed by atoms with Crippen molar-refractivity contribution in [2.75, 3.05) is 10.6 Å². The Hall–Kier alpha value is -3.16. The van der Waals surface area contributed by atoms with Gasteiger partial charge in [-0.2, -0.15) is 18.2 Å². The van der Waals surface area contributed by atoms with Gasteiger partial charge in [0.25, 0.3) is 0 Å². The van der Waals surface area contributed by atoms with E-state index in [0.717, 1.165) is 31.0 Å². The lowest BCUT2D eigenvalue weighted by Crippen LogP contribution is -2.12. The summed E-state index contributed by atoms with van der Waals surface area (Å²) in [5.74, 6) is -0.821. The van der Waals surface area contributed by atoms with E-state index in [2.05, 4.69) is 27.5 Å². The number of benzene rings is 2. The van der Waals surface area contributed by atoms with Crippen LogP contribution in [0.25, 0.3) is 0 Å². The van der Waals surface area contributed by atoms with E-state index in [4.69, 9.17) is 0 Å². The van der Waals surface area contributed by atoms with Crippen molar-refractivity contribution in [2.45, 2.75) is 32.4 Å². The number of halogens is 4. The summed E-state index contributed by atoms with van der Waals surface area (Å²) in [5.41, 5.74) is 1.09. The summed E-state index contributed by atoms with van der Waals surface area (Å²) < 4.78 is 53.1. The maximum atomic E-state index is 13.4. The molecule has 1 heterocycles. The summed E-state index contributed by atoms with van der Waals surface area (Å²) in [5, 5.41) is 5.50. The summed E-state index contributed by atoms with van der Waals surface area (Å²) in [4.78, 5) is 7.71. The van der Waals surface area contributed by atoms with Crippen LogP contribution in [-0.2, 0) is 12.6 Å². The van der Waals surface area contributed by atoms with Gasteiger partial charge in [-0.05, 0) is 54.8 Å². The number of hydrogen-bond donors (Lipinski definition) is 2. The van der Waals surface area contributed by atoms with E-state index in [1.165, 1.54) is 24.3 Å². The number of nitrogens with zero attached hydrogens (tertiary/aromatic N) is 2. The Kier molecular flexibility index (Phi) is 6.31. The normalized spacial score (nSPS) is 11.3. The fourth-order valence-electron chi connectivity index (χ4n) is 2.68. The molecule has 3 rings (SSSR count). The Morgan fingerprint density at radius 3 is 2.14 bits per heavy atom. The molecule has 3 aromatic rings. The molecule has 0 unspecified atom stereocenters. The monoisotopic (exact) mass is 404 g/mol. The van der Waals surface area contributed by atoms with Crippen LogP contribution in [0.2, 0.25) is 0 Å². The number of rotatable bonds is 7. The Morgan fingerprint density at radius 1 is 0.897 bits per heavy atom. The van der Waals surface area contributed by atoms with Crippen molar-refractivity contribution in [1.29, 1.82) is 0 Å². The van der Waals surface area contributed by atoms with Crippen LogP contribution in [0.5, 0.6) is 0 Å². The SMILES string of the molecule is CCCCc1ccc(Nc2nc(Nc3ccc(F)cc3)ncc2C(F)(F)F)cc1. The lowest BCUT2D eigenvalue weighted by molar-refractivity contribution is -0.137. The molecule has 0 atom stereocenters. The molecule has 0 amide bonds. The van der Waals surface area contributed by atoms with Gasteiger partial charge in [0.15, 0.2) is 0 Å². The van der Waals surface area contributed by atoms with Gasteiger partial charge in [0.1, 0.15) is 17.2 Å². The number of aryl methyl sites for hydroxylation is 1. The van der Waals surface area contributed by atoms with Crippen LogP contribution in [0.4, 0.5) is 40.7 Å². The molecule has 2 aromatic carbocycles. The summed E-state index contributed by atoms with van der Waals surface area (Å²) in [7, 11) is 0. The average molecular weight is 404 g/mol. The maximum Gasteiger partial charge on any atom is 0.421 e. The predicted molar refractivity (Wildman–Crippen MR) is 105 cm³/mol. The largest absolute Gasteiger partial charge is 0.421 e. The van der Waals surface area contributed by atoms with Crippen LogP contribution in [-0.4, -0.2) is 9.97 Å². The molecule has 0 aliphatic rings. The number of anilines is 4. The first-order valence-electron chi connectivity index (χ1n) is 9.18. The molecule has 0 radical (unpaired) electrons. The van der Waals surface area contributed by atoms with Crippen LogP contribution >= 0.6 is 0 Å². The molecule has 0 spiro atoms. The van der Waals surface area contributed by atoms with Crippen molar-refractivity contribution in [2.24, 2.45) is 0 Å². The van der Waals surface area contributed by atoms with Crippen molar-refractivity contribution in [3.05, 3.63) is 71.7 Å². The van der Waals surface area contributed by atoms with E-state index in [1.54, 1.807) is 12.1 Å². The lowest BCUT2D eigenvalue weighted by atomic mass is 10.1. The average Bonchev–Trinajstić information content (AvgIpc) is 2.68. The molecule has 0 saturated carbocycles. The van der Waals surface area contributed by atoms with Crippen LogP contribution in [0.1, 0.15) is 30.9 Å². The highest BCUT2D eigenvalue weighted by Crippen LogP contribution is 2.35. The second-order valence-electron chi connectivity index (χ2n) is 6.51. The zero-order chi connectivity index (χ0) is 20.9. The number of nitrogens with one attached hydrogen (secondary N) is 2. The standard InChI is InChI=1S/C21H20F4N4/c1-2-3-4-14-5-9-16(10-6-14)27-19-18(21(23,24)25)13-26-20(29-19)28-17-11-7-15(22)8-12-17/h5-13H,2-4H2,1H3,(H2,26,27,28,29). The van der Waals surface area contributed by atoms with Crippen LogP contribution < -0.4 is 10.6 Å². The first-order chi connectivity index (χ1) is 13.8. The first kappa shape index (κ1) is 20.6. The van der Waals surface area contributed by atoms with Gasteiger partial charge in [-0.15, -0.1) is 0 Å². The third kappa shape index (κ3) is 5.66. The fourth-order valence-corrected chi connectivity index (χ4v) is 2.68. The Bertz CT molecular complexity index is 938. The number of unbranched alkanes of at least 4 members (excludes halogenated alkanes) is 1. The molecule has 0 saturated heterocycles. The second-order valence-corrected chi connectivity index (χ2v) is 6.51. The summed E-state index contributed by atoms with van der Waals surface area (Å²) >= 11 is 0. The predicted octanol–water partition coefficient (Wildman–Crippen LogP) is 6.46. The van der Waals surface area contributed by atoms with Crippen LogP contribution in [0.3, 0.4) is 0 Å². The molecule has 0 fully saturated rings. The molecular weight excluding hydrogens is 384 g/mol. The van der Waals surface area contributed by atoms with Gasteiger partial charge in [-0.1, -0.05) is 25.5 Å². The van der Waals surface area contributed by atoms with Gasteiger partial charge >= 0.3 is 6.18 Å². The minimum atomic E-state index is -4.61. The number of aromatic nitrogens is 2. The van der Waals surface area contributed by atoms with Crippen molar-refractivity contribution in [3.8, 4) is 0 Å². The van der Waals surface area contributed by atoms with Gasteiger partial charge in [0, 0.05) is 17.6 Å². The fraction of sp³-hybridized carbons (Fsp3) is 0.238. The van der Waals surface area contributed by atoms with Gasteiger partial charge in [-0.25, -0.2) is 9.37 Å². The molecule has 2 N–H and O–H groups in total. The Labute approximate surface area is 166 Å². The molecule has 0 bridgehead atoms. The smallest absolute Gasteiger partial charge is 0.340 e. The van der Waals surface area contributed by atoms with Crippen molar-refractivity contribution < 1.29 is 17.6 Å². The van der Waals surface area contributed by atoms with Crippen molar-refractivity contribution in [3.63, 3.8) is 0 Å². The van der Waals surface area contributed by atoms with E-state index in [1.807, 2.05) is 12.1 Å². The molecule has 4 nitrogen and oxygen atoms in total. The van der Waals surface area contributed by atoms with Gasteiger partial charge in [0.05, 0.1) is 0 Å². The second kappa shape index (κ2) is 8.89. The molecular formula is C21H20F4N4. The van der Waals surface area contributed by atoms with E-state index in [9.17, 15) is 17.6 Å². The number of hydrogen-bond acceptors (Lipinski definition) is 4. The quantitative estimate of drug-likeness (QED) is 0.444. The van der Waals surface area contributed by atoms with E-state index >= 15 is 0 Å². The van der Waals surface area contributed by atoms with Gasteiger partial charge in [-0.3, -0.25) is 0 Å². The zero-order valence-corrected chi connectivity index (χ0v) is 15.7. The topological polar surface area (TPSA) is 49.8 Å². The lowest BCUT2D eigenvalue weighted by Gasteiger charge is -2.15. The number of alkyl halides is 3. The van der Waals surface area contributed by atoms with Crippen LogP contribution in [0, 0.1) is 5.82 Å². The maximum absolute atomic E-state index is 13.4. The Morgan fingerprint density at radius 2 is 1.52 bits per heavy atom. The van der Waals surface area contributed by atoms with E-state index in [0.29, 0.717) is 11.4 Å². The molecule has 0 aliphatic carbocycles. The third-order valence-electron chi connectivity index (χ3n) is 4.23. The van der Waals surface area contributed by atoms with Gasteiger partial charge < -0.3 is 10.6 Å². The van der Waals surface area contributed by atoms with E-state index in [-0.39, 0.29) is 11.8 Å². The van der Waals surface area contributed by atoms with Gasteiger partial charge in [0.2, 0.25) is 5.95 Å². The molecule has 8 heteroatoms.